The van der Waals surface area contributed by atoms with Crippen LogP contribution in [-0.4, -0.2) is 50.1 Å². The van der Waals surface area contributed by atoms with Crippen molar-refractivity contribution in [2.75, 3.05) is 0 Å². The molecule has 0 saturated heterocycles. The van der Waals surface area contributed by atoms with E-state index in [1.54, 1.807) is 32.6 Å². The second-order valence-electron chi connectivity index (χ2n) is 9.36. The van der Waals surface area contributed by atoms with Gasteiger partial charge in [-0.25, -0.2) is 14.0 Å². The molecule has 0 aliphatic heterocycles. The zero-order valence-electron chi connectivity index (χ0n) is 21.1. The Morgan fingerprint density at radius 1 is 0.474 bits per heavy atom. The maximum atomic E-state index is 12.3. The zero-order chi connectivity index (χ0) is 26.3. The molecular formula is C28H25N9O. The van der Waals surface area contributed by atoms with Crippen molar-refractivity contribution in [3.63, 3.8) is 0 Å². The minimum absolute atomic E-state index is 0.241. The minimum Gasteiger partial charge on any atom is -0.372 e. The summed E-state index contributed by atoms with van der Waals surface area (Å²) in [4.78, 5) is 0. The molecule has 10 nitrogen and oxygen atoms in total. The number of hydrogen-bond donors (Lipinski definition) is 1. The molecule has 3 aromatic heterocycles. The first-order chi connectivity index (χ1) is 18.4. The molecule has 0 fully saturated rings. The summed E-state index contributed by atoms with van der Waals surface area (Å²) in [6.07, 6.45) is 5.00. The van der Waals surface area contributed by atoms with E-state index >= 15 is 0 Å². The Hall–Kier alpha value is -4.96. The molecule has 3 heterocycles. The van der Waals surface area contributed by atoms with Crippen LogP contribution in [0.3, 0.4) is 0 Å². The average molecular weight is 504 g/mol. The monoisotopic (exact) mass is 503 g/mol. The first-order valence-electron chi connectivity index (χ1n) is 12.1. The number of benzene rings is 3. The van der Waals surface area contributed by atoms with E-state index < -0.39 is 5.60 Å². The van der Waals surface area contributed by atoms with Crippen molar-refractivity contribution in [3.8, 4) is 17.1 Å². The van der Waals surface area contributed by atoms with E-state index in [0.29, 0.717) is 0 Å². The summed E-state index contributed by atoms with van der Waals surface area (Å²) in [6, 6.07) is 23.6. The van der Waals surface area contributed by atoms with Crippen LogP contribution in [-0.2, 0) is 5.60 Å². The fraction of sp³-hybridized carbons (Fsp3) is 0.143. The molecule has 0 unspecified atom stereocenters. The first kappa shape index (κ1) is 23.4. The summed E-state index contributed by atoms with van der Waals surface area (Å²) in [5.74, 6) is 0. The third-order valence-corrected chi connectivity index (χ3v) is 6.49. The third-order valence-electron chi connectivity index (χ3n) is 6.49. The molecular weight excluding hydrogens is 478 g/mol. The van der Waals surface area contributed by atoms with E-state index in [2.05, 4.69) is 30.9 Å². The highest BCUT2D eigenvalue weighted by Crippen LogP contribution is 2.34. The normalized spacial score (nSPS) is 11.7. The van der Waals surface area contributed by atoms with Gasteiger partial charge in [0.25, 0.3) is 0 Å². The van der Waals surface area contributed by atoms with E-state index in [1.165, 1.54) is 0 Å². The van der Waals surface area contributed by atoms with Gasteiger partial charge in [0, 0.05) is 0 Å². The number of aryl methyl sites for hydroxylation is 3. The average Bonchev–Trinajstić information content (AvgIpc) is 3.71. The van der Waals surface area contributed by atoms with Gasteiger partial charge in [0.05, 0.1) is 35.7 Å². The molecule has 0 amide bonds. The van der Waals surface area contributed by atoms with E-state index in [9.17, 15) is 5.11 Å². The SMILES string of the molecule is Cc1ccc(-n2cc(C(O)(c3cn(-c4ccc(C)cc4)nn3)c3cn(-c4ccc(C)cc4)nn3)nn2)cc1. The van der Waals surface area contributed by atoms with E-state index in [-0.39, 0.29) is 17.1 Å². The second kappa shape index (κ2) is 9.16. The van der Waals surface area contributed by atoms with Crippen molar-refractivity contribution in [2.24, 2.45) is 0 Å². The van der Waals surface area contributed by atoms with Gasteiger partial charge in [-0.1, -0.05) is 68.7 Å². The molecule has 10 heteroatoms. The van der Waals surface area contributed by atoms with Crippen molar-refractivity contribution in [1.29, 1.82) is 0 Å². The molecule has 0 radical (unpaired) electrons. The Morgan fingerprint density at radius 2 is 0.737 bits per heavy atom. The van der Waals surface area contributed by atoms with Crippen LogP contribution in [0.25, 0.3) is 17.1 Å². The highest BCUT2D eigenvalue weighted by Gasteiger charge is 2.43. The number of hydrogen-bond acceptors (Lipinski definition) is 7. The van der Waals surface area contributed by atoms with Crippen molar-refractivity contribution in [2.45, 2.75) is 26.4 Å². The summed E-state index contributed by atoms with van der Waals surface area (Å²) in [6.45, 7) is 6.05. The number of aromatic nitrogens is 9. The van der Waals surface area contributed by atoms with Crippen LogP contribution in [0.15, 0.2) is 91.4 Å². The predicted octanol–water partition coefficient (Wildman–Crippen LogP) is 3.64. The standard InChI is InChI=1S/C28H25N9O/c1-19-4-10-22(11-5-19)35-16-25(29-32-35)28(38,26-17-36(33-30-26)23-12-6-20(2)7-13-23)27-18-37(34-31-27)24-14-8-21(3)9-15-24/h4-18,38H,1-3H3. The van der Waals surface area contributed by atoms with Crippen molar-refractivity contribution in [1.82, 2.24) is 45.0 Å². The lowest BCUT2D eigenvalue weighted by Crippen LogP contribution is -2.30. The van der Waals surface area contributed by atoms with Crippen LogP contribution in [0.1, 0.15) is 33.8 Å². The summed E-state index contributed by atoms with van der Waals surface area (Å²) in [5.41, 5.74) is 4.67. The Morgan fingerprint density at radius 3 is 1.00 bits per heavy atom. The summed E-state index contributed by atoms with van der Waals surface area (Å²) in [7, 11) is 0. The van der Waals surface area contributed by atoms with Crippen LogP contribution < -0.4 is 0 Å². The first-order valence-corrected chi connectivity index (χ1v) is 12.1. The molecule has 1 N–H and O–H groups in total. The van der Waals surface area contributed by atoms with Gasteiger partial charge in [-0.05, 0) is 57.2 Å². The van der Waals surface area contributed by atoms with Gasteiger partial charge in [0.1, 0.15) is 17.1 Å². The molecule has 0 aliphatic carbocycles. The van der Waals surface area contributed by atoms with Crippen molar-refractivity contribution >= 4 is 0 Å². The third kappa shape index (κ3) is 4.16. The van der Waals surface area contributed by atoms with Gasteiger partial charge in [-0.2, -0.15) is 0 Å². The summed E-state index contributed by atoms with van der Waals surface area (Å²) in [5, 5.41) is 38.1. The lowest BCUT2D eigenvalue weighted by atomic mass is 9.93. The predicted molar refractivity (Wildman–Crippen MR) is 140 cm³/mol. The van der Waals surface area contributed by atoms with Gasteiger partial charge in [-0.3, -0.25) is 0 Å². The maximum absolute atomic E-state index is 12.3. The largest absolute Gasteiger partial charge is 0.372 e. The Balaban J connectivity index is 1.46. The molecule has 38 heavy (non-hydrogen) atoms. The number of aliphatic hydroxyl groups is 1. The Kier molecular flexibility index (Phi) is 5.65. The van der Waals surface area contributed by atoms with Crippen LogP contribution in [0.2, 0.25) is 0 Å². The van der Waals surface area contributed by atoms with Crippen LogP contribution in [0.4, 0.5) is 0 Å². The minimum atomic E-state index is -1.87. The molecule has 0 spiro atoms. The fourth-order valence-electron chi connectivity index (χ4n) is 4.15. The van der Waals surface area contributed by atoms with E-state index in [4.69, 9.17) is 0 Å². The van der Waals surface area contributed by atoms with Gasteiger partial charge < -0.3 is 5.11 Å². The number of nitrogens with zero attached hydrogens (tertiary/aromatic N) is 9. The molecule has 6 rings (SSSR count). The summed E-state index contributed by atoms with van der Waals surface area (Å²) >= 11 is 0. The maximum Gasteiger partial charge on any atom is 0.201 e. The highest BCUT2D eigenvalue weighted by molar-refractivity contribution is 5.41. The molecule has 0 bridgehead atoms. The topological polar surface area (TPSA) is 112 Å². The molecule has 0 atom stereocenters. The highest BCUT2D eigenvalue weighted by atomic mass is 16.3. The number of rotatable bonds is 6. The lowest BCUT2D eigenvalue weighted by molar-refractivity contribution is 0.111. The van der Waals surface area contributed by atoms with Gasteiger partial charge in [0.2, 0.25) is 5.60 Å². The Labute approximate surface area is 218 Å². The van der Waals surface area contributed by atoms with Gasteiger partial charge in [0.15, 0.2) is 0 Å². The quantitative estimate of drug-likeness (QED) is 0.369. The smallest absolute Gasteiger partial charge is 0.201 e. The van der Waals surface area contributed by atoms with Gasteiger partial charge >= 0.3 is 0 Å². The second-order valence-corrected chi connectivity index (χ2v) is 9.36. The molecule has 188 valence electrons. The van der Waals surface area contributed by atoms with E-state index in [1.807, 2.05) is 93.6 Å². The van der Waals surface area contributed by atoms with Crippen molar-refractivity contribution in [3.05, 3.63) is 125 Å². The fourth-order valence-corrected chi connectivity index (χ4v) is 4.15. The molecule has 6 aromatic rings. The van der Waals surface area contributed by atoms with Gasteiger partial charge in [-0.15, -0.1) is 15.3 Å². The molecule has 0 saturated carbocycles. The summed E-state index contributed by atoms with van der Waals surface area (Å²) < 4.78 is 4.82. The van der Waals surface area contributed by atoms with Crippen LogP contribution in [0, 0.1) is 20.8 Å². The van der Waals surface area contributed by atoms with E-state index in [0.717, 1.165) is 33.8 Å². The molecule has 0 aliphatic rings. The van der Waals surface area contributed by atoms with Crippen molar-refractivity contribution < 1.29 is 5.11 Å². The lowest BCUT2D eigenvalue weighted by Gasteiger charge is -2.20. The molecule has 3 aromatic carbocycles. The zero-order valence-corrected chi connectivity index (χ0v) is 21.1. The van der Waals surface area contributed by atoms with Crippen LogP contribution in [0.5, 0.6) is 0 Å². The van der Waals surface area contributed by atoms with Crippen LogP contribution >= 0.6 is 0 Å². The Bertz CT molecular complexity index is 1490.